The first-order chi connectivity index (χ1) is 61.2. The van der Waals surface area contributed by atoms with Crippen LogP contribution >= 0.6 is 35.0 Å². The Morgan fingerprint density at radius 1 is 0.664 bits per heavy atom. The Labute approximate surface area is 750 Å². The molecule has 11 bridgehead atoms. The van der Waals surface area contributed by atoms with Crippen LogP contribution in [0.2, 0.25) is 10.0 Å². The molecular weight excluding hydrogens is 1720 g/mol. The van der Waals surface area contributed by atoms with Crippen LogP contribution in [-0.4, -0.2) is 197 Å². The maximum absolute atomic E-state index is 16.5. The third-order valence-corrected chi connectivity index (χ3v) is 24.7. The van der Waals surface area contributed by atoms with Crippen LogP contribution in [0.3, 0.4) is 0 Å². The summed E-state index contributed by atoms with van der Waals surface area (Å²) >= 11 is 15.6. The number of aliphatic carboxylic acids is 1. The van der Waals surface area contributed by atoms with E-state index >= 15 is 24.0 Å². The van der Waals surface area contributed by atoms with E-state index in [1.807, 2.05) is 74.5 Å². The zero-order valence-electron chi connectivity index (χ0n) is 70.7. The summed E-state index contributed by atoms with van der Waals surface area (Å²) in [6.07, 6.45) is -9.67. The summed E-state index contributed by atoms with van der Waals surface area (Å²) in [6.45, 7) is 9.75. The fraction of sp³-hybridized carbons (Fsp3) is 0.418. The van der Waals surface area contributed by atoms with Crippen molar-refractivity contribution >= 4 is 82.3 Å². The number of benzene rings is 7. The van der Waals surface area contributed by atoms with Crippen LogP contribution in [-0.2, 0) is 52.6 Å². The molecule has 34 nitrogen and oxygen atoms in total. The van der Waals surface area contributed by atoms with E-state index in [4.69, 9.17) is 66.8 Å². The normalized spacial score (nSPS) is 25.7. The number of likely N-dealkylation sites (N-methyl/N-ethyl adjacent to an activating group) is 1. The number of thioether (sulfide) groups is 1. The number of carbonyl (C=O) groups is 8. The molecule has 7 amide bonds. The van der Waals surface area contributed by atoms with Crippen molar-refractivity contribution in [2.75, 3.05) is 19.3 Å². The number of primary amides is 1. The van der Waals surface area contributed by atoms with E-state index in [0.717, 1.165) is 112 Å². The van der Waals surface area contributed by atoms with Gasteiger partial charge in [-0.25, -0.2) is 9.78 Å². The van der Waals surface area contributed by atoms with Crippen molar-refractivity contribution in [3.05, 3.63) is 177 Å². The molecule has 682 valence electrons. The number of hydrogen-bond donors (Lipinski definition) is 18. The van der Waals surface area contributed by atoms with Crippen molar-refractivity contribution < 1.29 is 117 Å². The van der Waals surface area contributed by atoms with E-state index in [2.05, 4.69) is 49.5 Å². The highest BCUT2D eigenvalue weighted by atomic mass is 35.5. The van der Waals surface area contributed by atoms with Crippen LogP contribution in [0.15, 0.2) is 149 Å². The summed E-state index contributed by atoms with van der Waals surface area (Å²) < 4.78 is 47.7. The SMILES string of the molecule is CCCCCCCCCCNC1(C)CC(OC2C(Oc3c4cc5cc3Oc3ccc(cc3Cl)[C@@H](O)[C@@H](NC(=O)[C@H](CC(C)C)NC)C(=O)N[C@@H](CC(N)=O)C(=O)N[C@H]5C(=O)N[C@H]3C(=O)N[C@H](C(=O)N[C@@H](C(=O)O)c5cc(O)cc(O)c5-c5cc3ccc5O)[C@H](O)c3ccc(c(Cl)c3)O4)OC(CSc3nc(-c4ccccc4)c(-c4ccccc4)o3)C(O)C2O)OC(C)C1O. The molecule has 37 heteroatoms. The third-order valence-electron chi connectivity index (χ3n) is 23.2. The van der Waals surface area contributed by atoms with E-state index in [9.17, 15) is 60.3 Å². The number of nitrogens with zero attached hydrogens (tertiary/aromatic N) is 1. The highest BCUT2D eigenvalue weighted by Gasteiger charge is 2.53. The molecule has 7 aliphatic rings. The summed E-state index contributed by atoms with van der Waals surface area (Å²) in [5.41, 5.74) is 3.82. The third kappa shape index (κ3) is 21.7. The van der Waals surface area contributed by atoms with Crippen molar-refractivity contribution in [3.63, 3.8) is 0 Å². The van der Waals surface area contributed by atoms with Gasteiger partial charge in [0.05, 0.1) is 40.8 Å². The van der Waals surface area contributed by atoms with Gasteiger partial charge in [-0.15, -0.1) is 0 Å². The lowest BCUT2D eigenvalue weighted by molar-refractivity contribution is -0.330. The fourth-order valence-corrected chi connectivity index (χ4v) is 17.7. The van der Waals surface area contributed by atoms with Crippen molar-refractivity contribution in [2.24, 2.45) is 11.7 Å². The zero-order chi connectivity index (χ0) is 91.7. The van der Waals surface area contributed by atoms with E-state index in [0.29, 0.717) is 29.1 Å². The topological polar surface area (TPSA) is 522 Å². The van der Waals surface area contributed by atoms with Gasteiger partial charge in [0.2, 0.25) is 53.4 Å². The number of phenols is 3. The van der Waals surface area contributed by atoms with Crippen molar-refractivity contribution in [1.82, 2.24) is 47.5 Å². The standard InChI is InChI=1S/C91H104Cl2N10O24S/c1-7-8-9-10-11-12-13-20-31-96-91(5)41-66(121-44(4)81(91)112)125-80-77(111)76(110)64(42-128-90-103-68(45-21-16-14-17-22-45)78(127-90)46-23-18-15-19-24-46)124-89(80)126-79-62-36-50-37-63(79)123-61-30-27-49(35-55(61)93)75(109)73-87(118)100-71(88(119)120)53-38-51(104)39-59(106)67(53)52-33-47(25-28-58(52)105)69(84(115)102-73)99-85(116)70(50)98-83(114)57(40-65(94)107)97-86(117)72(101-82(113)56(95-6)32-43(2)3)74(108)48-26-29-60(122-62)54(92)34-48/h14-19,21-30,33-39,43-44,56-57,64,66,69-77,80-81,89,95-96,104-106,108-112H,7-13,20,31-32,40-42H2,1-6H3,(H2,94,107)(H,97,117)(H,98,114)(H,99,116)(H,100,118)(H,101,113)(H,102,115)(H,119,120)/t44?,56-,57-,64?,66?,69+,70+,71+,72+,73-,74+,75+,76?,77?,80?,81?,89?,91?/m0/s1. The van der Waals surface area contributed by atoms with Crippen molar-refractivity contribution in [1.29, 1.82) is 0 Å². The molecule has 2 fully saturated rings. The number of nitrogens with one attached hydrogen (secondary N) is 8. The summed E-state index contributed by atoms with van der Waals surface area (Å²) in [4.78, 5) is 124. The highest BCUT2D eigenvalue weighted by molar-refractivity contribution is 7.99. The minimum Gasteiger partial charge on any atom is -0.508 e. The summed E-state index contributed by atoms with van der Waals surface area (Å²) in [6, 6.07) is 18.2. The van der Waals surface area contributed by atoms with Gasteiger partial charge in [0.1, 0.15) is 89.1 Å². The second kappa shape index (κ2) is 41.5. The van der Waals surface area contributed by atoms with Crippen LogP contribution in [0, 0.1) is 5.92 Å². The molecule has 1 aromatic heterocycles. The number of amides is 7. The molecule has 7 aromatic carbocycles. The number of oxazole rings is 1. The van der Waals surface area contributed by atoms with Crippen LogP contribution in [0.4, 0.5) is 0 Å². The number of aromatic hydroxyl groups is 3. The number of aliphatic hydroxyl groups is 5. The summed E-state index contributed by atoms with van der Waals surface area (Å²) in [7, 11) is 1.49. The van der Waals surface area contributed by atoms with Gasteiger partial charge in [0, 0.05) is 51.6 Å². The first kappa shape index (κ1) is 94.5. The van der Waals surface area contributed by atoms with Gasteiger partial charge in [-0.05, 0) is 123 Å². The maximum atomic E-state index is 16.5. The molecule has 0 radical (unpaired) electrons. The Balaban J connectivity index is 1.01. The van der Waals surface area contributed by atoms with E-state index < -0.39 is 225 Å². The number of phenolic OH excluding ortho intramolecular Hbond substituents is 3. The highest BCUT2D eigenvalue weighted by Crippen LogP contribution is 2.51. The lowest BCUT2D eigenvalue weighted by Crippen LogP contribution is -2.65. The minimum atomic E-state index is -2.36. The molecule has 19 N–H and O–H groups in total. The molecule has 18 atom stereocenters. The number of carboxylic acid groups (broad SMARTS) is 1. The second-order valence-electron chi connectivity index (χ2n) is 33.0. The van der Waals surface area contributed by atoms with Gasteiger partial charge in [-0.3, -0.25) is 33.6 Å². The number of nitrogens with two attached hydrogens (primary N) is 1. The largest absolute Gasteiger partial charge is 0.508 e. The molecule has 8 heterocycles. The van der Waals surface area contributed by atoms with Gasteiger partial charge in [0.15, 0.2) is 35.7 Å². The molecule has 0 aliphatic carbocycles. The van der Waals surface area contributed by atoms with Crippen LogP contribution < -0.4 is 62.5 Å². The molecule has 2 saturated heterocycles. The molecule has 128 heavy (non-hydrogen) atoms. The Hall–Kier alpha value is -11.2. The average molecular weight is 1820 g/mol. The predicted octanol–water partition coefficient (Wildman–Crippen LogP) is 9.00. The molecular formula is C91H104Cl2N10O24S. The first-order valence-corrected chi connectivity index (χ1v) is 44.0. The first-order valence-electron chi connectivity index (χ1n) is 42.2. The number of carboxylic acids is 1. The summed E-state index contributed by atoms with van der Waals surface area (Å²) in [5, 5.41) is 129. The zero-order valence-corrected chi connectivity index (χ0v) is 73.0. The van der Waals surface area contributed by atoms with Gasteiger partial charge < -0.3 is 127 Å². The van der Waals surface area contributed by atoms with Crippen molar-refractivity contribution in [3.8, 4) is 79.7 Å². The Kier molecular flexibility index (Phi) is 30.6. The molecule has 15 rings (SSSR count). The number of rotatable bonds is 27. The molecule has 0 saturated carbocycles. The Bertz CT molecular complexity index is 5330. The van der Waals surface area contributed by atoms with Gasteiger partial charge in [-0.1, -0.05) is 180 Å². The number of aliphatic hydroxyl groups excluding tert-OH is 5. The van der Waals surface area contributed by atoms with Gasteiger partial charge >= 0.3 is 5.97 Å². The smallest absolute Gasteiger partial charge is 0.330 e. The number of unbranched alkanes of at least 4 members (excludes halogenated alkanes) is 7. The lowest BCUT2D eigenvalue weighted by atomic mass is 9.85. The predicted molar refractivity (Wildman–Crippen MR) is 467 cm³/mol. The Morgan fingerprint density at radius 3 is 1.90 bits per heavy atom. The summed E-state index contributed by atoms with van der Waals surface area (Å²) in [5.74, 6) is -15.6. The van der Waals surface area contributed by atoms with E-state index in [1.54, 1.807) is 13.8 Å². The molecule has 9 unspecified atom stereocenters. The Morgan fingerprint density at radius 2 is 1.27 bits per heavy atom. The second-order valence-corrected chi connectivity index (χ2v) is 34.8. The average Bonchev–Trinajstić information content (AvgIpc) is 1.02. The van der Waals surface area contributed by atoms with E-state index in [1.165, 1.54) is 37.4 Å². The van der Waals surface area contributed by atoms with Crippen LogP contribution in [0.1, 0.15) is 163 Å². The van der Waals surface area contributed by atoms with Gasteiger partial charge in [-0.2, -0.15) is 0 Å². The van der Waals surface area contributed by atoms with Crippen molar-refractivity contribution in [2.45, 2.75) is 220 Å². The molecule has 0 spiro atoms. The van der Waals surface area contributed by atoms with Crippen LogP contribution in [0.5, 0.6) is 46.0 Å². The monoisotopic (exact) mass is 1820 g/mol. The lowest BCUT2D eigenvalue weighted by Gasteiger charge is -2.48. The quantitative estimate of drug-likeness (QED) is 0.0168. The number of halogens is 2. The van der Waals surface area contributed by atoms with Gasteiger partial charge in [0.25, 0.3) is 5.22 Å². The fourth-order valence-electron chi connectivity index (χ4n) is 16.4. The number of aromatic nitrogens is 1. The maximum Gasteiger partial charge on any atom is 0.330 e. The number of fused-ring (bicyclic) bond motifs is 15. The van der Waals surface area contributed by atoms with Crippen LogP contribution in [0.25, 0.3) is 33.7 Å². The number of hydrogen-bond acceptors (Lipinski definition) is 27. The number of carbonyl (C=O) groups excluding carboxylic acids is 7. The molecule has 7 aliphatic heterocycles. The molecule has 8 aromatic rings. The number of ether oxygens (including phenoxy) is 6. The van der Waals surface area contributed by atoms with E-state index in [-0.39, 0.29) is 62.9 Å². The minimum absolute atomic E-state index is 0.0865.